The highest BCUT2D eigenvalue weighted by molar-refractivity contribution is 5.73. The quantitative estimate of drug-likeness (QED) is 0.797. The molecule has 1 aromatic carbocycles. The van der Waals surface area contributed by atoms with E-state index in [1.54, 1.807) is 0 Å². The number of nitrogens with zero attached hydrogens (tertiary/aromatic N) is 5. The Bertz CT molecular complexity index is 513. The number of para-hydroxylation sites is 1. The highest BCUT2D eigenvalue weighted by Gasteiger charge is 2.13. The van der Waals surface area contributed by atoms with Crippen molar-refractivity contribution in [3.63, 3.8) is 0 Å². The van der Waals surface area contributed by atoms with Gasteiger partial charge in [-0.15, -0.1) is 5.10 Å². The second-order valence-corrected chi connectivity index (χ2v) is 4.95. The Hall–Kier alpha value is -1.46. The summed E-state index contributed by atoms with van der Waals surface area (Å²) in [5, 5.41) is 8.40. The number of rotatable bonds is 3. The lowest BCUT2D eigenvalue weighted by Gasteiger charge is -2.32. The van der Waals surface area contributed by atoms with E-state index in [0.717, 1.165) is 50.3 Å². The second kappa shape index (κ2) is 5.04. The topological polar surface area (TPSA) is 37.2 Å². The van der Waals surface area contributed by atoms with E-state index in [1.165, 1.54) is 0 Å². The normalized spacial score (nSPS) is 18.5. The minimum Gasteiger partial charge on any atom is -0.304 e. The maximum absolute atomic E-state index is 4.22. The molecule has 3 rings (SSSR count). The van der Waals surface area contributed by atoms with Gasteiger partial charge in [0.15, 0.2) is 0 Å². The Balaban J connectivity index is 1.63. The van der Waals surface area contributed by atoms with Gasteiger partial charge in [-0.2, -0.15) is 0 Å². The maximum atomic E-state index is 4.22. The van der Waals surface area contributed by atoms with Gasteiger partial charge in [0.05, 0.1) is 12.1 Å². The minimum atomic E-state index is 0.921. The third-order valence-corrected chi connectivity index (χ3v) is 3.64. The fourth-order valence-electron chi connectivity index (χ4n) is 2.39. The van der Waals surface area contributed by atoms with Crippen molar-refractivity contribution in [1.82, 2.24) is 24.8 Å². The van der Waals surface area contributed by atoms with E-state index in [9.17, 15) is 0 Å². The van der Waals surface area contributed by atoms with Gasteiger partial charge in [-0.05, 0) is 19.2 Å². The first-order chi connectivity index (χ1) is 8.83. The van der Waals surface area contributed by atoms with Gasteiger partial charge in [0.1, 0.15) is 5.52 Å². The Morgan fingerprint density at radius 2 is 1.83 bits per heavy atom. The number of hydrogen-bond acceptors (Lipinski definition) is 4. The predicted octanol–water partition coefficient (Wildman–Crippen LogP) is 0.679. The van der Waals surface area contributed by atoms with Crippen molar-refractivity contribution in [3.05, 3.63) is 24.3 Å². The van der Waals surface area contributed by atoms with Crippen LogP contribution >= 0.6 is 0 Å². The molecule has 1 aliphatic heterocycles. The van der Waals surface area contributed by atoms with Gasteiger partial charge in [0.25, 0.3) is 0 Å². The summed E-state index contributed by atoms with van der Waals surface area (Å²) in [4.78, 5) is 4.87. The van der Waals surface area contributed by atoms with Crippen LogP contribution in [0.4, 0.5) is 0 Å². The van der Waals surface area contributed by atoms with Crippen LogP contribution in [-0.2, 0) is 6.54 Å². The standard InChI is InChI=1S/C13H19N5/c1-16-6-8-17(9-7-16)10-11-18-13-5-3-2-4-12(13)14-15-18/h2-5H,6-11H2,1H3. The monoisotopic (exact) mass is 245 g/mol. The fourth-order valence-corrected chi connectivity index (χ4v) is 2.39. The molecule has 0 radical (unpaired) electrons. The molecule has 1 aliphatic rings. The Labute approximate surface area is 107 Å². The lowest BCUT2D eigenvalue weighted by atomic mass is 10.3. The molecule has 0 bridgehead atoms. The van der Waals surface area contributed by atoms with Gasteiger partial charge < -0.3 is 4.90 Å². The number of hydrogen-bond donors (Lipinski definition) is 0. The third-order valence-electron chi connectivity index (χ3n) is 3.64. The van der Waals surface area contributed by atoms with E-state index in [1.807, 2.05) is 22.9 Å². The fraction of sp³-hybridized carbons (Fsp3) is 0.538. The smallest absolute Gasteiger partial charge is 0.113 e. The van der Waals surface area contributed by atoms with E-state index >= 15 is 0 Å². The molecule has 2 heterocycles. The number of aromatic nitrogens is 3. The molecule has 0 atom stereocenters. The molecule has 0 saturated carbocycles. The van der Waals surface area contributed by atoms with Crippen molar-refractivity contribution in [1.29, 1.82) is 0 Å². The lowest BCUT2D eigenvalue weighted by Crippen LogP contribution is -2.45. The SMILES string of the molecule is CN1CCN(CCn2nnc3ccccc32)CC1. The zero-order chi connectivity index (χ0) is 12.4. The number of benzene rings is 1. The molecule has 0 aliphatic carbocycles. The molecule has 0 amide bonds. The Kier molecular flexibility index (Phi) is 3.25. The Morgan fingerprint density at radius 1 is 1.06 bits per heavy atom. The average molecular weight is 245 g/mol. The summed E-state index contributed by atoms with van der Waals surface area (Å²) >= 11 is 0. The zero-order valence-electron chi connectivity index (χ0n) is 10.8. The first kappa shape index (κ1) is 11.6. The highest BCUT2D eigenvalue weighted by atomic mass is 15.4. The van der Waals surface area contributed by atoms with Gasteiger partial charge in [0, 0.05) is 32.7 Å². The first-order valence-corrected chi connectivity index (χ1v) is 6.52. The van der Waals surface area contributed by atoms with Crippen LogP contribution < -0.4 is 0 Å². The van der Waals surface area contributed by atoms with Crippen LogP contribution in [0.5, 0.6) is 0 Å². The van der Waals surface area contributed by atoms with Crippen LogP contribution in [0.3, 0.4) is 0 Å². The van der Waals surface area contributed by atoms with Crippen LogP contribution in [0.1, 0.15) is 0 Å². The number of piperazine rings is 1. The van der Waals surface area contributed by atoms with E-state index in [4.69, 9.17) is 0 Å². The molecule has 0 unspecified atom stereocenters. The van der Waals surface area contributed by atoms with Gasteiger partial charge in [-0.25, -0.2) is 4.68 Å². The maximum Gasteiger partial charge on any atom is 0.113 e. The Morgan fingerprint density at radius 3 is 2.67 bits per heavy atom. The van der Waals surface area contributed by atoms with Crippen LogP contribution in [0.15, 0.2) is 24.3 Å². The molecule has 1 aromatic heterocycles. The summed E-state index contributed by atoms with van der Waals surface area (Å²) in [6, 6.07) is 8.13. The summed E-state index contributed by atoms with van der Waals surface area (Å²) in [5.41, 5.74) is 2.11. The molecular weight excluding hydrogens is 226 g/mol. The van der Waals surface area contributed by atoms with Crippen molar-refractivity contribution in [2.75, 3.05) is 39.8 Å². The first-order valence-electron chi connectivity index (χ1n) is 6.52. The molecule has 0 spiro atoms. The average Bonchev–Trinajstić information content (AvgIpc) is 2.82. The van der Waals surface area contributed by atoms with E-state index in [0.29, 0.717) is 0 Å². The summed E-state index contributed by atoms with van der Waals surface area (Å²) in [6.07, 6.45) is 0. The lowest BCUT2D eigenvalue weighted by molar-refractivity contribution is 0.149. The van der Waals surface area contributed by atoms with Crippen molar-refractivity contribution < 1.29 is 0 Å². The van der Waals surface area contributed by atoms with E-state index in [-0.39, 0.29) is 0 Å². The molecule has 1 saturated heterocycles. The van der Waals surface area contributed by atoms with Crippen LogP contribution in [0.2, 0.25) is 0 Å². The molecule has 5 heteroatoms. The third kappa shape index (κ3) is 2.37. The molecule has 5 nitrogen and oxygen atoms in total. The van der Waals surface area contributed by atoms with Gasteiger partial charge in [-0.1, -0.05) is 17.3 Å². The largest absolute Gasteiger partial charge is 0.304 e. The molecule has 1 fully saturated rings. The molecule has 96 valence electrons. The van der Waals surface area contributed by atoms with Crippen molar-refractivity contribution in [3.8, 4) is 0 Å². The predicted molar refractivity (Wildman–Crippen MR) is 71.5 cm³/mol. The van der Waals surface area contributed by atoms with Crippen LogP contribution in [-0.4, -0.2) is 64.6 Å². The summed E-state index contributed by atoms with van der Waals surface area (Å²) in [5.74, 6) is 0. The molecule has 2 aromatic rings. The van der Waals surface area contributed by atoms with Crippen molar-refractivity contribution in [2.45, 2.75) is 6.54 Å². The van der Waals surface area contributed by atoms with Gasteiger partial charge in [-0.3, -0.25) is 4.90 Å². The minimum absolute atomic E-state index is 0.921. The van der Waals surface area contributed by atoms with Crippen LogP contribution in [0, 0.1) is 0 Å². The van der Waals surface area contributed by atoms with Crippen LogP contribution in [0.25, 0.3) is 11.0 Å². The zero-order valence-corrected chi connectivity index (χ0v) is 10.8. The van der Waals surface area contributed by atoms with Crippen molar-refractivity contribution in [2.24, 2.45) is 0 Å². The van der Waals surface area contributed by atoms with Crippen molar-refractivity contribution >= 4 is 11.0 Å². The highest BCUT2D eigenvalue weighted by Crippen LogP contribution is 2.09. The van der Waals surface area contributed by atoms with Gasteiger partial charge >= 0.3 is 0 Å². The summed E-state index contributed by atoms with van der Waals surface area (Å²) < 4.78 is 2.01. The van der Waals surface area contributed by atoms with E-state index in [2.05, 4.69) is 33.2 Å². The van der Waals surface area contributed by atoms with Gasteiger partial charge in [0.2, 0.25) is 0 Å². The number of fused-ring (bicyclic) bond motifs is 1. The second-order valence-electron chi connectivity index (χ2n) is 4.95. The summed E-state index contributed by atoms with van der Waals surface area (Å²) in [6.45, 7) is 6.62. The summed E-state index contributed by atoms with van der Waals surface area (Å²) in [7, 11) is 2.18. The number of likely N-dealkylation sites (N-methyl/N-ethyl adjacent to an activating group) is 1. The van der Waals surface area contributed by atoms with E-state index < -0.39 is 0 Å². The molecule has 18 heavy (non-hydrogen) atoms. The molecule has 0 N–H and O–H groups in total. The molecular formula is C13H19N5.